The number of aliphatic hydroxyl groups is 1. The van der Waals surface area contributed by atoms with E-state index in [1.807, 2.05) is 0 Å². The van der Waals surface area contributed by atoms with Gasteiger partial charge in [-0.2, -0.15) is 10.2 Å². The van der Waals surface area contributed by atoms with Crippen molar-refractivity contribution in [3.05, 3.63) is 78.4 Å². The lowest BCUT2D eigenvalue weighted by Gasteiger charge is -2.16. The first-order valence-electron chi connectivity index (χ1n) is 10.9. The normalized spacial score (nSPS) is 23.5. The number of aliphatic hydroxyl groups excluding tert-OH is 1. The molecule has 0 bridgehead atoms. The largest absolute Gasteiger partial charge is 0.507 e. The Labute approximate surface area is 176 Å². The molecular weight excluding hydrogens is 356 g/mol. The van der Waals surface area contributed by atoms with Crippen LogP contribution in [0.25, 0.3) is 5.57 Å². The van der Waals surface area contributed by atoms with Crippen LogP contribution in [0.5, 0.6) is 0 Å². The van der Waals surface area contributed by atoms with E-state index in [0.717, 1.165) is 43.7 Å². The summed E-state index contributed by atoms with van der Waals surface area (Å²) in [6, 6.07) is 2.09. The fourth-order valence-corrected chi connectivity index (χ4v) is 3.78. The van der Waals surface area contributed by atoms with Crippen LogP contribution >= 0.6 is 0 Å². The van der Waals surface area contributed by atoms with Crippen LogP contribution < -0.4 is 0 Å². The molecule has 1 aliphatic carbocycles. The van der Waals surface area contributed by atoms with Gasteiger partial charge in [-0.1, -0.05) is 70.6 Å². The molecule has 1 aromatic heterocycles. The highest BCUT2D eigenvalue weighted by Crippen LogP contribution is 2.25. The first kappa shape index (κ1) is 22.9. The van der Waals surface area contributed by atoms with Crippen molar-refractivity contribution in [3.8, 4) is 0 Å². The predicted molar refractivity (Wildman–Crippen MR) is 124 cm³/mol. The van der Waals surface area contributed by atoms with Crippen LogP contribution in [0.4, 0.5) is 0 Å². The monoisotopic (exact) mass is 392 g/mol. The number of aryl methyl sites for hydroxylation is 2. The van der Waals surface area contributed by atoms with E-state index in [1.165, 1.54) is 24.8 Å². The van der Waals surface area contributed by atoms with Gasteiger partial charge in [0, 0.05) is 5.57 Å². The van der Waals surface area contributed by atoms with Crippen LogP contribution in [0.3, 0.4) is 0 Å². The highest BCUT2D eigenvalue weighted by Gasteiger charge is 2.14. The van der Waals surface area contributed by atoms with E-state index in [2.05, 4.69) is 55.4 Å². The van der Waals surface area contributed by atoms with Crippen LogP contribution in [-0.2, 0) is 12.8 Å². The number of aromatic nitrogens is 2. The van der Waals surface area contributed by atoms with Crippen molar-refractivity contribution in [3.63, 3.8) is 0 Å². The van der Waals surface area contributed by atoms with E-state index in [0.29, 0.717) is 17.2 Å². The van der Waals surface area contributed by atoms with Gasteiger partial charge in [-0.05, 0) is 67.7 Å². The lowest BCUT2D eigenvalue weighted by atomic mass is 9.91. The molecule has 0 amide bonds. The topological polar surface area (TPSA) is 46.0 Å². The number of rotatable bonds is 4. The van der Waals surface area contributed by atoms with E-state index >= 15 is 0 Å². The molecule has 29 heavy (non-hydrogen) atoms. The van der Waals surface area contributed by atoms with Gasteiger partial charge in [0.05, 0.1) is 11.4 Å². The van der Waals surface area contributed by atoms with E-state index in [4.69, 9.17) is 0 Å². The lowest BCUT2D eigenvalue weighted by molar-refractivity contribution is 0.424. The van der Waals surface area contributed by atoms with Gasteiger partial charge in [-0.3, -0.25) is 0 Å². The minimum absolute atomic E-state index is 0.125. The number of fused-ring (bicyclic) bond motifs is 1. The van der Waals surface area contributed by atoms with Crippen LogP contribution in [0.2, 0.25) is 0 Å². The van der Waals surface area contributed by atoms with Gasteiger partial charge in [-0.25, -0.2) is 0 Å². The first-order chi connectivity index (χ1) is 14.0. The Hall–Kier alpha value is -2.42. The van der Waals surface area contributed by atoms with Crippen molar-refractivity contribution >= 4 is 5.57 Å². The summed E-state index contributed by atoms with van der Waals surface area (Å²) in [5.41, 5.74) is 3.61. The maximum atomic E-state index is 10.4. The molecule has 2 atom stereocenters. The highest BCUT2D eigenvalue weighted by atomic mass is 16.3. The van der Waals surface area contributed by atoms with Crippen LogP contribution in [-0.4, -0.2) is 15.3 Å². The summed E-state index contributed by atoms with van der Waals surface area (Å²) in [5, 5.41) is 19.3. The zero-order chi connectivity index (χ0) is 21.1. The SMILES string of the molecule is C=C/C=C(\C(O)=C/C=C)c1cc2c(nn1)CC/C=C/CC(C)CCCC(C)CC2. The van der Waals surface area contributed by atoms with Crippen molar-refractivity contribution in [1.29, 1.82) is 0 Å². The summed E-state index contributed by atoms with van der Waals surface area (Å²) >= 11 is 0. The quantitative estimate of drug-likeness (QED) is 0.343. The van der Waals surface area contributed by atoms with E-state index in [9.17, 15) is 5.11 Å². The second kappa shape index (κ2) is 12.2. The van der Waals surface area contributed by atoms with Gasteiger partial charge in [0.25, 0.3) is 0 Å². The molecule has 1 aromatic rings. The van der Waals surface area contributed by atoms with Gasteiger partial charge in [0.15, 0.2) is 0 Å². The zero-order valence-electron chi connectivity index (χ0n) is 18.1. The lowest BCUT2D eigenvalue weighted by Crippen LogP contribution is -2.07. The molecular formula is C26H36N2O. The summed E-state index contributed by atoms with van der Waals surface area (Å²) in [7, 11) is 0. The first-order valence-corrected chi connectivity index (χ1v) is 10.9. The average Bonchev–Trinajstić information content (AvgIpc) is 2.70. The Morgan fingerprint density at radius 3 is 2.52 bits per heavy atom. The van der Waals surface area contributed by atoms with Crippen LogP contribution in [0.15, 0.2) is 61.4 Å². The van der Waals surface area contributed by atoms with Gasteiger partial charge in [0.2, 0.25) is 0 Å². The smallest absolute Gasteiger partial charge is 0.125 e. The third-order valence-corrected chi connectivity index (χ3v) is 5.63. The second-order valence-corrected chi connectivity index (χ2v) is 8.23. The fraction of sp³-hybridized carbons (Fsp3) is 0.462. The summed E-state index contributed by atoms with van der Waals surface area (Å²) < 4.78 is 0. The molecule has 0 aliphatic heterocycles. The van der Waals surface area contributed by atoms with E-state index in [1.54, 1.807) is 24.3 Å². The van der Waals surface area contributed by atoms with Crippen molar-refractivity contribution in [2.24, 2.45) is 11.8 Å². The van der Waals surface area contributed by atoms with Crippen LogP contribution in [0.1, 0.15) is 69.3 Å². The summed E-state index contributed by atoms with van der Waals surface area (Å²) in [5.74, 6) is 1.59. The molecule has 2 unspecified atom stereocenters. The Kier molecular flexibility index (Phi) is 9.63. The van der Waals surface area contributed by atoms with Crippen LogP contribution in [0, 0.1) is 11.8 Å². The summed E-state index contributed by atoms with van der Waals surface area (Å²) in [6.45, 7) is 12.1. The molecule has 0 aromatic carbocycles. The number of allylic oxidation sites excluding steroid dienone is 7. The predicted octanol–water partition coefficient (Wildman–Crippen LogP) is 6.94. The molecule has 0 fully saturated rings. The molecule has 1 aliphatic rings. The summed E-state index contributed by atoms with van der Waals surface area (Å²) in [4.78, 5) is 0. The highest BCUT2D eigenvalue weighted by molar-refractivity contribution is 5.76. The maximum absolute atomic E-state index is 10.4. The van der Waals surface area contributed by atoms with Gasteiger partial charge < -0.3 is 5.11 Å². The summed E-state index contributed by atoms with van der Waals surface area (Å²) in [6.07, 6.45) is 20.2. The van der Waals surface area contributed by atoms with Crippen molar-refractivity contribution in [2.75, 3.05) is 0 Å². The second-order valence-electron chi connectivity index (χ2n) is 8.23. The number of nitrogens with zero attached hydrogens (tertiary/aromatic N) is 2. The molecule has 0 radical (unpaired) electrons. The minimum Gasteiger partial charge on any atom is -0.507 e. The molecule has 0 spiro atoms. The third kappa shape index (κ3) is 7.49. The van der Waals surface area contributed by atoms with Gasteiger partial charge in [-0.15, -0.1) is 0 Å². The van der Waals surface area contributed by atoms with Crippen molar-refractivity contribution < 1.29 is 5.11 Å². The molecule has 0 saturated carbocycles. The standard InChI is InChI=1S/C26H36N2O/c1-5-11-23(26(29)12-6-2)25-19-22-18-17-21(4)15-10-14-20(3)13-8-7-9-16-24(22)27-28-25/h5-8,11-12,19-21,29H,1-2,9-10,13-18H2,3-4H3/b8-7+,23-11-,26-12+. The maximum Gasteiger partial charge on any atom is 0.125 e. The minimum atomic E-state index is 0.125. The van der Waals surface area contributed by atoms with Crippen molar-refractivity contribution in [1.82, 2.24) is 10.2 Å². The fourth-order valence-electron chi connectivity index (χ4n) is 3.78. The molecule has 3 heteroatoms. The Morgan fingerprint density at radius 2 is 1.76 bits per heavy atom. The van der Waals surface area contributed by atoms with E-state index < -0.39 is 0 Å². The average molecular weight is 393 g/mol. The Balaban J connectivity index is 2.33. The van der Waals surface area contributed by atoms with Crippen molar-refractivity contribution in [2.45, 2.75) is 65.2 Å². The van der Waals surface area contributed by atoms with Gasteiger partial charge in [0.1, 0.15) is 5.76 Å². The van der Waals surface area contributed by atoms with E-state index in [-0.39, 0.29) is 5.76 Å². The van der Waals surface area contributed by atoms with Gasteiger partial charge >= 0.3 is 0 Å². The number of hydrogen-bond donors (Lipinski definition) is 1. The molecule has 156 valence electrons. The Morgan fingerprint density at radius 1 is 1.00 bits per heavy atom. The molecule has 0 saturated heterocycles. The molecule has 1 heterocycles. The molecule has 3 nitrogen and oxygen atoms in total. The zero-order valence-corrected chi connectivity index (χ0v) is 18.1. The molecule has 2 rings (SSSR count). The third-order valence-electron chi connectivity index (χ3n) is 5.63. The Bertz CT molecular complexity index is 773. The number of hydrogen-bond acceptors (Lipinski definition) is 3. The molecule has 1 N–H and O–H groups in total.